The first-order chi connectivity index (χ1) is 8.15. The van der Waals surface area contributed by atoms with Gasteiger partial charge in [-0.25, -0.2) is 13.6 Å². The van der Waals surface area contributed by atoms with Crippen LogP contribution in [0.15, 0.2) is 23.1 Å². The van der Waals surface area contributed by atoms with Crippen molar-refractivity contribution in [3.05, 3.63) is 18.2 Å². The Labute approximate surface area is 112 Å². The summed E-state index contributed by atoms with van der Waals surface area (Å²) in [6.07, 6.45) is 2.04. The molecule has 0 aliphatic heterocycles. The lowest BCUT2D eigenvalue weighted by Crippen LogP contribution is -2.26. The zero-order valence-corrected chi connectivity index (χ0v) is 12.4. The number of benzene rings is 1. The zero-order valence-electron chi connectivity index (χ0n) is 10.7. The molecular weight excluding hydrogens is 270 g/mol. The predicted molar refractivity (Wildman–Crippen MR) is 78.3 cm³/mol. The van der Waals surface area contributed by atoms with Crippen LogP contribution in [0.3, 0.4) is 0 Å². The van der Waals surface area contributed by atoms with Crippen LogP contribution in [0.25, 0.3) is 0 Å². The molecular formula is C11H19N3O2S2. The Kier molecular flexibility index (Phi) is 4.52. The number of hydrogen-bond acceptors (Lipinski definition) is 5. The van der Waals surface area contributed by atoms with Crippen molar-refractivity contribution >= 4 is 33.2 Å². The third-order valence-corrected chi connectivity index (χ3v) is 4.82. The molecule has 0 radical (unpaired) electrons. The molecule has 7 heteroatoms. The normalized spacial score (nSPS) is 12.4. The Morgan fingerprint density at radius 1 is 1.39 bits per heavy atom. The van der Waals surface area contributed by atoms with E-state index in [1.54, 1.807) is 23.9 Å². The van der Waals surface area contributed by atoms with Gasteiger partial charge in [0.2, 0.25) is 10.0 Å². The number of nitrogens with two attached hydrogens (primary N) is 2. The van der Waals surface area contributed by atoms with E-state index in [4.69, 9.17) is 10.9 Å². The van der Waals surface area contributed by atoms with E-state index >= 15 is 0 Å². The molecule has 0 aliphatic rings. The predicted octanol–water partition coefficient (Wildman–Crippen LogP) is 1.47. The Hall–Kier alpha value is -0.920. The van der Waals surface area contributed by atoms with Crippen molar-refractivity contribution in [3.63, 3.8) is 0 Å². The van der Waals surface area contributed by atoms with E-state index in [2.05, 4.69) is 19.2 Å². The van der Waals surface area contributed by atoms with Crippen LogP contribution >= 0.6 is 11.8 Å². The van der Waals surface area contributed by atoms with Crippen molar-refractivity contribution in [2.75, 3.05) is 23.9 Å². The molecule has 0 saturated heterocycles. The standard InChI is InChI=1S/C11H19N3O2S2/c1-11(2,17-3)7-14-8-4-5-10(9(12)6-8)18(13,15)16/h4-6,14H,7,12H2,1-3H3,(H2,13,15,16). The number of nitrogens with one attached hydrogen (secondary N) is 1. The minimum absolute atomic E-state index is 0.0443. The van der Waals surface area contributed by atoms with Gasteiger partial charge in [0.1, 0.15) is 4.90 Å². The van der Waals surface area contributed by atoms with E-state index in [-0.39, 0.29) is 15.3 Å². The highest BCUT2D eigenvalue weighted by Gasteiger charge is 2.16. The molecule has 1 rings (SSSR count). The maximum Gasteiger partial charge on any atom is 0.240 e. The SMILES string of the molecule is CSC(C)(C)CNc1ccc(S(N)(=O)=O)c(N)c1. The molecule has 0 atom stereocenters. The average Bonchev–Trinajstić information content (AvgIpc) is 2.25. The van der Waals surface area contributed by atoms with Gasteiger partial charge in [0.15, 0.2) is 0 Å². The third-order valence-electron chi connectivity index (χ3n) is 2.59. The highest BCUT2D eigenvalue weighted by atomic mass is 32.2. The lowest BCUT2D eigenvalue weighted by Gasteiger charge is -2.23. The fourth-order valence-electron chi connectivity index (χ4n) is 1.30. The summed E-state index contributed by atoms with van der Waals surface area (Å²) >= 11 is 1.75. The van der Waals surface area contributed by atoms with Crippen molar-refractivity contribution in [1.29, 1.82) is 0 Å². The molecule has 5 N–H and O–H groups in total. The van der Waals surface area contributed by atoms with Gasteiger partial charge >= 0.3 is 0 Å². The summed E-state index contributed by atoms with van der Waals surface area (Å²) in [5.41, 5.74) is 6.61. The summed E-state index contributed by atoms with van der Waals surface area (Å²) in [5, 5.41) is 8.26. The van der Waals surface area contributed by atoms with E-state index in [0.717, 1.165) is 12.2 Å². The summed E-state index contributed by atoms with van der Waals surface area (Å²) in [6.45, 7) is 4.99. The molecule has 0 fully saturated rings. The summed E-state index contributed by atoms with van der Waals surface area (Å²) in [7, 11) is -3.76. The number of nitrogen functional groups attached to an aromatic ring is 1. The van der Waals surface area contributed by atoms with Crippen molar-refractivity contribution in [2.45, 2.75) is 23.5 Å². The highest BCUT2D eigenvalue weighted by Crippen LogP contribution is 2.24. The van der Waals surface area contributed by atoms with Crippen LogP contribution in [0.4, 0.5) is 11.4 Å². The molecule has 1 aromatic carbocycles. The molecule has 5 nitrogen and oxygen atoms in total. The van der Waals surface area contributed by atoms with Gasteiger partial charge in [0, 0.05) is 17.0 Å². The van der Waals surface area contributed by atoms with Crippen molar-refractivity contribution in [3.8, 4) is 0 Å². The van der Waals surface area contributed by atoms with Crippen LogP contribution in [0, 0.1) is 0 Å². The largest absolute Gasteiger partial charge is 0.398 e. The van der Waals surface area contributed by atoms with Gasteiger partial charge in [-0.05, 0) is 38.3 Å². The van der Waals surface area contributed by atoms with E-state index in [9.17, 15) is 8.42 Å². The van der Waals surface area contributed by atoms with E-state index < -0.39 is 10.0 Å². The Balaban J connectivity index is 2.86. The quantitative estimate of drug-likeness (QED) is 0.713. The zero-order chi connectivity index (χ0) is 14.0. The second-order valence-corrected chi connectivity index (χ2v) is 7.66. The first-order valence-electron chi connectivity index (χ1n) is 5.37. The third kappa shape index (κ3) is 4.08. The smallest absolute Gasteiger partial charge is 0.240 e. The van der Waals surface area contributed by atoms with Gasteiger partial charge < -0.3 is 11.1 Å². The maximum atomic E-state index is 11.2. The summed E-state index contributed by atoms with van der Waals surface area (Å²) in [5.74, 6) is 0. The molecule has 102 valence electrons. The first kappa shape index (κ1) is 15.1. The second-order valence-electron chi connectivity index (χ2n) is 4.61. The van der Waals surface area contributed by atoms with E-state index in [1.165, 1.54) is 6.07 Å². The van der Waals surface area contributed by atoms with Gasteiger partial charge in [-0.3, -0.25) is 0 Å². The van der Waals surface area contributed by atoms with Crippen LogP contribution in [0.1, 0.15) is 13.8 Å². The summed E-state index contributed by atoms with van der Waals surface area (Å²) < 4.78 is 22.5. The fourth-order valence-corrected chi connectivity index (χ4v) is 2.17. The number of primary sulfonamides is 1. The van der Waals surface area contributed by atoms with Crippen LogP contribution in [-0.4, -0.2) is 26.0 Å². The number of anilines is 2. The van der Waals surface area contributed by atoms with Crippen molar-refractivity contribution in [1.82, 2.24) is 0 Å². The van der Waals surface area contributed by atoms with E-state index in [0.29, 0.717) is 0 Å². The minimum Gasteiger partial charge on any atom is -0.398 e. The average molecular weight is 289 g/mol. The summed E-state index contributed by atoms with van der Waals surface area (Å²) in [6, 6.07) is 4.65. The topological polar surface area (TPSA) is 98.2 Å². The molecule has 0 aliphatic carbocycles. The lowest BCUT2D eigenvalue weighted by atomic mass is 10.2. The fraction of sp³-hybridized carbons (Fsp3) is 0.455. The van der Waals surface area contributed by atoms with Gasteiger partial charge in [-0.15, -0.1) is 0 Å². The van der Waals surface area contributed by atoms with Crippen molar-refractivity contribution in [2.24, 2.45) is 5.14 Å². The Morgan fingerprint density at radius 2 is 2.00 bits per heavy atom. The van der Waals surface area contributed by atoms with Gasteiger partial charge in [0.25, 0.3) is 0 Å². The molecule has 0 heterocycles. The molecule has 0 amide bonds. The summed E-state index contributed by atoms with van der Waals surface area (Å²) in [4.78, 5) is -0.0443. The molecule has 1 aromatic rings. The second kappa shape index (κ2) is 5.38. The van der Waals surface area contributed by atoms with Crippen LogP contribution in [0.2, 0.25) is 0 Å². The van der Waals surface area contributed by atoms with Crippen molar-refractivity contribution < 1.29 is 8.42 Å². The number of rotatable bonds is 5. The molecule has 0 unspecified atom stereocenters. The molecule has 0 bridgehead atoms. The molecule has 0 saturated carbocycles. The Morgan fingerprint density at radius 3 is 2.44 bits per heavy atom. The van der Waals surface area contributed by atoms with Gasteiger partial charge in [-0.1, -0.05) is 0 Å². The minimum atomic E-state index is -3.76. The maximum absolute atomic E-state index is 11.2. The van der Waals surface area contributed by atoms with E-state index in [1.807, 2.05) is 6.26 Å². The van der Waals surface area contributed by atoms with Crippen LogP contribution < -0.4 is 16.2 Å². The molecule has 0 spiro atoms. The Bertz CT molecular complexity index is 527. The lowest BCUT2D eigenvalue weighted by molar-refractivity contribution is 0.598. The highest BCUT2D eigenvalue weighted by molar-refractivity contribution is 7.99. The first-order valence-corrected chi connectivity index (χ1v) is 8.14. The number of sulfonamides is 1. The van der Waals surface area contributed by atoms with Gasteiger partial charge in [0.05, 0.1) is 5.69 Å². The molecule has 0 aromatic heterocycles. The van der Waals surface area contributed by atoms with Crippen LogP contribution in [-0.2, 0) is 10.0 Å². The number of thioether (sulfide) groups is 1. The number of hydrogen-bond donors (Lipinski definition) is 3. The van der Waals surface area contributed by atoms with Gasteiger partial charge in [-0.2, -0.15) is 11.8 Å². The monoisotopic (exact) mass is 289 g/mol. The molecule has 18 heavy (non-hydrogen) atoms. The van der Waals surface area contributed by atoms with Crippen LogP contribution in [0.5, 0.6) is 0 Å².